The van der Waals surface area contributed by atoms with Crippen molar-refractivity contribution in [1.29, 1.82) is 0 Å². The number of aromatic nitrogens is 2. The van der Waals surface area contributed by atoms with Crippen LogP contribution in [0.25, 0.3) is 11.4 Å². The highest BCUT2D eigenvalue weighted by Crippen LogP contribution is 2.33. The molecule has 0 aliphatic carbocycles. The number of benzene rings is 2. The molecule has 8 nitrogen and oxygen atoms in total. The fraction of sp³-hybridized carbons (Fsp3) is 0.304. The third-order valence-electron chi connectivity index (χ3n) is 5.09. The van der Waals surface area contributed by atoms with Crippen LogP contribution < -0.4 is 15.5 Å². The Morgan fingerprint density at radius 1 is 1.25 bits per heavy atom. The highest BCUT2D eigenvalue weighted by Gasteiger charge is 2.35. The topological polar surface area (TPSA) is 100 Å². The predicted octanol–water partition coefficient (Wildman–Crippen LogP) is 4.69. The summed E-state index contributed by atoms with van der Waals surface area (Å²) in [5.74, 6) is 0.953. The van der Waals surface area contributed by atoms with E-state index in [1.165, 1.54) is 0 Å². The van der Waals surface area contributed by atoms with Crippen molar-refractivity contribution in [1.82, 2.24) is 15.5 Å². The normalized spacial score (nSPS) is 15.9. The fourth-order valence-electron chi connectivity index (χ4n) is 3.49. The zero-order chi connectivity index (χ0) is 22.7. The molecule has 1 aliphatic heterocycles. The molecule has 3 aromatic rings. The lowest BCUT2D eigenvalue weighted by Gasteiger charge is -2.16. The molecule has 166 valence electrons. The quantitative estimate of drug-likeness (QED) is 0.564. The molecule has 1 aliphatic rings. The van der Waals surface area contributed by atoms with Crippen LogP contribution in [0.5, 0.6) is 0 Å². The first-order valence-corrected chi connectivity index (χ1v) is 10.8. The molecule has 1 atom stereocenters. The number of anilines is 2. The number of amides is 3. The minimum Gasteiger partial charge on any atom is -0.339 e. The summed E-state index contributed by atoms with van der Waals surface area (Å²) in [5.41, 5.74) is 2.08. The van der Waals surface area contributed by atoms with Gasteiger partial charge in [0, 0.05) is 41.5 Å². The number of hydrogen-bond donors (Lipinski definition) is 2. The summed E-state index contributed by atoms with van der Waals surface area (Å²) >= 11 is 6.06. The second kappa shape index (κ2) is 9.40. The number of halogens is 1. The zero-order valence-corrected chi connectivity index (χ0v) is 18.6. The summed E-state index contributed by atoms with van der Waals surface area (Å²) in [6, 6.07) is 14.1. The van der Waals surface area contributed by atoms with Gasteiger partial charge in [-0.25, -0.2) is 4.79 Å². The molecule has 32 heavy (non-hydrogen) atoms. The maximum atomic E-state index is 12.5. The maximum absolute atomic E-state index is 12.5. The molecule has 2 heterocycles. The van der Waals surface area contributed by atoms with Gasteiger partial charge in [0.15, 0.2) is 0 Å². The van der Waals surface area contributed by atoms with Crippen molar-refractivity contribution in [3.05, 3.63) is 59.4 Å². The summed E-state index contributed by atoms with van der Waals surface area (Å²) in [6.45, 7) is 5.09. The number of hydrogen-bond acceptors (Lipinski definition) is 5. The lowest BCUT2D eigenvalue weighted by Crippen LogP contribution is -2.31. The molecule has 1 fully saturated rings. The minimum atomic E-state index is -0.268. The van der Waals surface area contributed by atoms with Gasteiger partial charge < -0.3 is 20.1 Å². The van der Waals surface area contributed by atoms with Crippen LogP contribution in [0.4, 0.5) is 16.2 Å². The molecule has 3 amide bonds. The van der Waals surface area contributed by atoms with Crippen LogP contribution in [0.2, 0.25) is 5.02 Å². The molecular weight excluding hydrogens is 430 g/mol. The lowest BCUT2D eigenvalue weighted by atomic mass is 10.1. The molecule has 0 radical (unpaired) electrons. The molecule has 4 rings (SSSR count). The van der Waals surface area contributed by atoms with Crippen LogP contribution in [0.1, 0.15) is 32.1 Å². The molecule has 1 aromatic heterocycles. The van der Waals surface area contributed by atoms with Crippen LogP contribution >= 0.6 is 11.6 Å². The smallest absolute Gasteiger partial charge is 0.319 e. The Kier molecular flexibility index (Phi) is 6.41. The molecule has 0 spiro atoms. The van der Waals surface area contributed by atoms with Crippen LogP contribution in [0, 0.1) is 5.92 Å². The molecule has 9 heteroatoms. The van der Waals surface area contributed by atoms with Gasteiger partial charge in [-0.2, -0.15) is 4.98 Å². The summed E-state index contributed by atoms with van der Waals surface area (Å²) < 4.78 is 5.48. The van der Waals surface area contributed by atoms with Gasteiger partial charge in [0.1, 0.15) is 0 Å². The highest BCUT2D eigenvalue weighted by molar-refractivity contribution is 6.30. The first-order valence-electron chi connectivity index (χ1n) is 10.4. The Bertz CT molecular complexity index is 1130. The predicted molar refractivity (Wildman–Crippen MR) is 123 cm³/mol. The van der Waals surface area contributed by atoms with E-state index in [2.05, 4.69) is 20.8 Å². The average Bonchev–Trinajstić information content (AvgIpc) is 3.39. The van der Waals surface area contributed by atoms with Gasteiger partial charge >= 0.3 is 6.03 Å². The first kappa shape index (κ1) is 21.8. The van der Waals surface area contributed by atoms with Crippen molar-refractivity contribution in [3.8, 4) is 11.4 Å². The third-order valence-corrected chi connectivity index (χ3v) is 5.32. The van der Waals surface area contributed by atoms with Crippen LogP contribution in [0.3, 0.4) is 0 Å². The van der Waals surface area contributed by atoms with Gasteiger partial charge in [-0.15, -0.1) is 0 Å². The van der Waals surface area contributed by atoms with Crippen molar-refractivity contribution in [2.75, 3.05) is 23.3 Å². The summed E-state index contributed by atoms with van der Waals surface area (Å²) in [6.07, 6.45) is 0.283. The molecule has 0 bridgehead atoms. The molecule has 2 N–H and O–H groups in total. The Balaban J connectivity index is 1.45. The van der Waals surface area contributed by atoms with E-state index < -0.39 is 0 Å². The second-order valence-corrected chi connectivity index (χ2v) is 8.59. The van der Waals surface area contributed by atoms with E-state index in [1.807, 2.05) is 38.1 Å². The van der Waals surface area contributed by atoms with Crippen molar-refractivity contribution in [2.24, 2.45) is 5.92 Å². The van der Waals surface area contributed by atoms with Gasteiger partial charge in [0.2, 0.25) is 17.6 Å². The van der Waals surface area contributed by atoms with Crippen molar-refractivity contribution >= 4 is 34.9 Å². The molecule has 0 saturated carbocycles. The van der Waals surface area contributed by atoms with E-state index in [1.54, 1.807) is 29.2 Å². The number of nitrogens with one attached hydrogen (secondary N) is 2. The van der Waals surface area contributed by atoms with Crippen molar-refractivity contribution < 1.29 is 14.1 Å². The maximum Gasteiger partial charge on any atom is 0.319 e. The molecule has 1 saturated heterocycles. The van der Waals surface area contributed by atoms with E-state index in [4.69, 9.17) is 16.1 Å². The number of carbonyl (C=O) groups is 2. The van der Waals surface area contributed by atoms with Crippen LogP contribution in [-0.2, 0) is 4.79 Å². The number of urea groups is 1. The van der Waals surface area contributed by atoms with E-state index >= 15 is 0 Å². The standard InChI is InChI=1S/C23H24ClN5O3/c1-14(2)12-25-23(31)26-18-7-3-5-15(9-18)21-27-22(32-28-21)16-10-20(30)29(13-16)19-8-4-6-17(24)11-19/h3-9,11,14,16H,10,12-13H2,1-2H3,(H2,25,26,31)/t16-/m0/s1. The third kappa shape index (κ3) is 5.08. The molecule has 0 unspecified atom stereocenters. The fourth-order valence-corrected chi connectivity index (χ4v) is 3.68. The Morgan fingerprint density at radius 3 is 2.84 bits per heavy atom. The Labute approximate surface area is 190 Å². The second-order valence-electron chi connectivity index (χ2n) is 8.15. The van der Waals surface area contributed by atoms with E-state index in [9.17, 15) is 9.59 Å². The number of rotatable bonds is 6. The van der Waals surface area contributed by atoms with Crippen molar-refractivity contribution in [2.45, 2.75) is 26.2 Å². The Hall–Kier alpha value is -3.39. The van der Waals surface area contributed by atoms with Crippen LogP contribution in [0.15, 0.2) is 53.1 Å². The number of carbonyl (C=O) groups excluding carboxylic acids is 2. The first-order chi connectivity index (χ1) is 15.4. The SMILES string of the molecule is CC(C)CNC(=O)Nc1cccc(-c2noc([C@H]3CC(=O)N(c4cccc(Cl)c4)C3)n2)c1. The highest BCUT2D eigenvalue weighted by atomic mass is 35.5. The zero-order valence-electron chi connectivity index (χ0n) is 17.8. The minimum absolute atomic E-state index is 0.0179. The van der Waals surface area contributed by atoms with E-state index in [-0.39, 0.29) is 24.3 Å². The summed E-state index contributed by atoms with van der Waals surface area (Å²) in [7, 11) is 0. The van der Waals surface area contributed by atoms with Gasteiger partial charge in [-0.05, 0) is 36.2 Å². The average molecular weight is 454 g/mol. The van der Waals surface area contributed by atoms with Crippen LogP contribution in [-0.4, -0.2) is 35.2 Å². The van der Waals surface area contributed by atoms with E-state index in [0.29, 0.717) is 47.0 Å². The van der Waals surface area contributed by atoms with Gasteiger partial charge in [-0.3, -0.25) is 4.79 Å². The summed E-state index contributed by atoms with van der Waals surface area (Å²) in [5, 5.41) is 10.3. The number of nitrogens with zero attached hydrogens (tertiary/aromatic N) is 3. The van der Waals surface area contributed by atoms with Gasteiger partial charge in [0.25, 0.3) is 0 Å². The lowest BCUT2D eigenvalue weighted by molar-refractivity contribution is -0.117. The van der Waals surface area contributed by atoms with Gasteiger partial charge in [-0.1, -0.05) is 48.8 Å². The van der Waals surface area contributed by atoms with E-state index in [0.717, 1.165) is 5.69 Å². The molecular formula is C23H24ClN5O3. The largest absolute Gasteiger partial charge is 0.339 e. The van der Waals surface area contributed by atoms with Crippen molar-refractivity contribution in [3.63, 3.8) is 0 Å². The molecule has 2 aromatic carbocycles. The monoisotopic (exact) mass is 453 g/mol. The van der Waals surface area contributed by atoms with Gasteiger partial charge in [0.05, 0.1) is 5.92 Å². The Morgan fingerprint density at radius 2 is 2.06 bits per heavy atom. The summed E-state index contributed by atoms with van der Waals surface area (Å²) in [4.78, 5) is 30.8.